The van der Waals surface area contributed by atoms with E-state index in [1.54, 1.807) is 0 Å². The van der Waals surface area contributed by atoms with Crippen LogP contribution >= 0.6 is 23.2 Å². The van der Waals surface area contributed by atoms with Gasteiger partial charge in [-0.05, 0) is 118 Å². The number of nitrogens with one attached hydrogen (secondary N) is 6. The van der Waals surface area contributed by atoms with E-state index in [9.17, 15) is 60.5 Å². The zero-order chi connectivity index (χ0) is 62.6. The highest BCUT2D eigenvalue weighted by atomic mass is 35.5. The molecule has 13 N–H and O–H groups in total. The van der Waals surface area contributed by atoms with Crippen LogP contribution in [0.4, 0.5) is 0 Å². The number of phenols is 6. The summed E-state index contributed by atoms with van der Waals surface area (Å²) in [5.41, 5.74) is 7.70. The summed E-state index contributed by atoms with van der Waals surface area (Å²) in [6.45, 7) is 0. The Morgan fingerprint density at radius 2 is 1.15 bits per heavy atom. The Morgan fingerprint density at radius 1 is 0.557 bits per heavy atom. The van der Waals surface area contributed by atoms with Crippen LogP contribution in [0.5, 0.6) is 69.0 Å². The van der Waals surface area contributed by atoms with Gasteiger partial charge in [-0.25, -0.2) is 4.79 Å². The first-order chi connectivity index (χ1) is 42.0. The maximum absolute atomic E-state index is 15.8. The first-order valence-corrected chi connectivity index (χ1v) is 27.0. The number of phenolic OH excluding ortho intramolecular Hbond substituents is 6. The van der Waals surface area contributed by atoms with E-state index in [4.69, 9.17) is 42.1 Å². The van der Waals surface area contributed by atoms with Gasteiger partial charge in [-0.1, -0.05) is 52.6 Å². The molecule has 6 aliphatic heterocycles. The summed E-state index contributed by atoms with van der Waals surface area (Å²) in [5, 5.41) is 98.6. The number of carbonyl (C=O) groups is 7. The highest BCUT2D eigenvalue weighted by Gasteiger charge is 2.41. The second-order valence-corrected chi connectivity index (χ2v) is 21.2. The Bertz CT molecular complexity index is 4200. The zero-order valence-electron chi connectivity index (χ0n) is 45.0. The second kappa shape index (κ2) is 23.4. The van der Waals surface area contributed by atoms with Crippen molar-refractivity contribution in [3.8, 4) is 80.1 Å². The van der Waals surface area contributed by atoms with E-state index in [2.05, 4.69) is 41.9 Å². The van der Waals surface area contributed by atoms with Crippen molar-refractivity contribution in [1.82, 2.24) is 31.9 Å². The molecule has 6 aliphatic rings. The number of methoxy groups -OCH3 is 1. The van der Waals surface area contributed by atoms with E-state index in [1.807, 2.05) is 0 Å². The minimum absolute atomic E-state index is 0.0216. The highest BCUT2D eigenvalue weighted by Crippen LogP contribution is 2.48. The number of benzene rings is 7. The van der Waals surface area contributed by atoms with Gasteiger partial charge in [-0.2, -0.15) is 0 Å². The summed E-state index contributed by atoms with van der Waals surface area (Å²) >= 11 is 13.7. The smallest absolute Gasteiger partial charge is 0.333 e. The third-order valence-corrected chi connectivity index (χ3v) is 15.3. The summed E-state index contributed by atoms with van der Waals surface area (Å²) < 4.78 is 23.4. The molecule has 8 atom stereocenters. The minimum atomic E-state index is -2.18. The third-order valence-electron chi connectivity index (χ3n) is 14.7. The summed E-state index contributed by atoms with van der Waals surface area (Å²) in [5.74, 6) is -14.6. The largest absolute Gasteiger partial charge is 0.508 e. The van der Waals surface area contributed by atoms with Gasteiger partial charge in [0.2, 0.25) is 41.2 Å². The van der Waals surface area contributed by atoms with Gasteiger partial charge in [-0.3, -0.25) is 28.8 Å². The lowest BCUT2D eigenvalue weighted by Crippen LogP contribution is -2.55. The normalized spacial score (nSPS) is 21.5. The Balaban J connectivity index is 1.14. The molecular formula is C59H45Cl2N9O18. The standard InChI is InChI=1S/C59H45Cl2N9O18/c1-85-59(84)49-32-20-29(72)21-38(75)44(32)31-14-23(3-6-36(31)73)45-54(79)68-50(58(83)67-49)51(76)25-5-9-40(34(61)15-25)88-43-18-27-17-42(52(43)77)87-39-8-2-22(10-33(39)60)11-35-53(78)64-46(55(80)66-47(27)56(81)65-45)26-12-28(71)19-30(13-26)86-41-16-24(4-7-37(41)74)48(69-70-62)57(82)63-35/h2-10,12-21,35,45-51,71-77H,11H2,1H3,(H,63,82)(H,64,78)(H,65,81)(H,66,80)(H,67,83)(H,68,79)/t35-,45-,46+,47-,48-,49-,50+,51-/m1/s1. The summed E-state index contributed by atoms with van der Waals surface area (Å²) in [6.07, 6.45) is -2.51. The predicted octanol–water partition coefficient (Wildman–Crippen LogP) is 6.42. The first-order valence-electron chi connectivity index (χ1n) is 26.2. The number of hydrogen-bond acceptors (Lipinski definition) is 19. The average Bonchev–Trinajstić information content (AvgIpc) is 0.898. The minimum Gasteiger partial charge on any atom is -0.508 e. The zero-order valence-corrected chi connectivity index (χ0v) is 46.5. The van der Waals surface area contributed by atoms with Crippen molar-refractivity contribution in [2.24, 2.45) is 5.11 Å². The third kappa shape index (κ3) is 11.3. The van der Waals surface area contributed by atoms with Crippen molar-refractivity contribution in [1.29, 1.82) is 0 Å². The Hall–Kier alpha value is -11.1. The fourth-order valence-corrected chi connectivity index (χ4v) is 10.9. The van der Waals surface area contributed by atoms with Gasteiger partial charge in [-0.15, -0.1) is 0 Å². The van der Waals surface area contributed by atoms with Crippen LogP contribution in [-0.4, -0.2) is 96.4 Å². The van der Waals surface area contributed by atoms with Crippen molar-refractivity contribution in [2.45, 2.75) is 54.8 Å². The molecule has 88 heavy (non-hydrogen) atoms. The SMILES string of the molecule is COC(=O)[C@@H]1NC(=O)[C@H]2NC(=O)[C@H](NC(=O)[C@@H]3NC(=O)[C@H]4NC(=O)[C@@H](Cc5ccc(c(Cl)c5)Oc5cc3cc(c5O)Oc3ccc(cc3Cl)[C@H]2O)NC(=O)[C@H](N=[N+]=[N-])c2ccc(O)c(c2)Oc2cc(O)cc4c2)c2ccc(O)c(c2)-c2c(O)cc(O)cc21. The number of amides is 6. The van der Waals surface area contributed by atoms with Crippen LogP contribution in [0, 0.1) is 0 Å². The maximum Gasteiger partial charge on any atom is 0.333 e. The van der Waals surface area contributed by atoms with Crippen LogP contribution in [-0.2, 0) is 44.7 Å². The molecule has 6 heterocycles. The average molecular weight is 1240 g/mol. The number of aliphatic hydroxyl groups excluding tert-OH is 1. The van der Waals surface area contributed by atoms with Crippen LogP contribution in [0.1, 0.15) is 75.3 Å². The molecule has 7 aromatic carbocycles. The number of fused-ring (bicyclic) bond motifs is 14. The molecule has 27 nitrogen and oxygen atoms in total. The Morgan fingerprint density at radius 3 is 1.82 bits per heavy atom. The van der Waals surface area contributed by atoms with Gasteiger partial charge in [0, 0.05) is 40.2 Å². The molecule has 0 radical (unpaired) electrons. The number of hydrogen-bond donors (Lipinski definition) is 13. The number of aromatic hydroxyl groups is 6. The first kappa shape index (κ1) is 58.6. The predicted molar refractivity (Wildman–Crippen MR) is 304 cm³/mol. The van der Waals surface area contributed by atoms with E-state index in [0.717, 1.165) is 79.9 Å². The summed E-state index contributed by atoms with van der Waals surface area (Å²) in [6, 6.07) is 7.92. The number of aliphatic hydroxyl groups is 1. The molecule has 17 bridgehead atoms. The molecule has 6 amide bonds. The summed E-state index contributed by atoms with van der Waals surface area (Å²) in [7, 11) is 0.960. The van der Waals surface area contributed by atoms with Crippen molar-refractivity contribution in [3.63, 3.8) is 0 Å². The Labute approximate surface area is 504 Å². The van der Waals surface area contributed by atoms with Crippen molar-refractivity contribution in [3.05, 3.63) is 175 Å². The van der Waals surface area contributed by atoms with Crippen LogP contribution in [0.3, 0.4) is 0 Å². The monoisotopic (exact) mass is 1240 g/mol. The van der Waals surface area contributed by atoms with E-state index in [-0.39, 0.29) is 77.6 Å². The van der Waals surface area contributed by atoms with Gasteiger partial charge in [0.25, 0.3) is 0 Å². The molecule has 0 aliphatic carbocycles. The van der Waals surface area contributed by atoms with Crippen molar-refractivity contribution < 1.29 is 88.3 Å². The number of carbonyl (C=O) groups excluding carboxylic acids is 7. The number of halogens is 2. The number of ether oxygens (including phenoxy) is 4. The molecule has 0 aromatic heterocycles. The van der Waals surface area contributed by atoms with Crippen LogP contribution in [0.25, 0.3) is 21.6 Å². The van der Waals surface area contributed by atoms with Crippen LogP contribution in [0.15, 0.2) is 120 Å². The fourth-order valence-electron chi connectivity index (χ4n) is 10.5. The lowest BCUT2D eigenvalue weighted by atomic mass is 9.89. The van der Waals surface area contributed by atoms with E-state index >= 15 is 14.4 Å². The number of esters is 1. The van der Waals surface area contributed by atoms with E-state index in [0.29, 0.717) is 0 Å². The maximum atomic E-state index is 15.8. The lowest BCUT2D eigenvalue weighted by Gasteiger charge is -2.31. The van der Waals surface area contributed by atoms with Crippen LogP contribution in [0.2, 0.25) is 10.0 Å². The lowest BCUT2D eigenvalue weighted by molar-refractivity contribution is -0.146. The van der Waals surface area contributed by atoms with Gasteiger partial charge in [0.15, 0.2) is 29.0 Å². The Kier molecular flexibility index (Phi) is 15.6. The molecule has 0 saturated heterocycles. The van der Waals surface area contributed by atoms with Crippen molar-refractivity contribution in [2.75, 3.05) is 7.11 Å². The van der Waals surface area contributed by atoms with Gasteiger partial charge in [0.05, 0.1) is 17.2 Å². The molecule has 0 fully saturated rings. The number of azide groups is 1. The summed E-state index contributed by atoms with van der Waals surface area (Å²) in [4.78, 5) is 107. The van der Waals surface area contributed by atoms with Crippen LogP contribution < -0.4 is 46.1 Å². The molecule has 448 valence electrons. The molecule has 29 heteroatoms. The van der Waals surface area contributed by atoms with Gasteiger partial charge < -0.3 is 86.6 Å². The van der Waals surface area contributed by atoms with Gasteiger partial charge >= 0.3 is 5.97 Å². The fraction of sp³-hybridized carbons (Fsp3) is 0.169. The number of rotatable bonds is 2. The van der Waals surface area contributed by atoms with E-state index < -0.39 is 148 Å². The molecule has 0 unspecified atom stereocenters. The van der Waals surface area contributed by atoms with Gasteiger partial charge in [0.1, 0.15) is 82.6 Å². The quantitative estimate of drug-likeness (QED) is 0.0384. The molecule has 7 aromatic rings. The number of nitrogens with zero attached hydrogens (tertiary/aromatic N) is 3. The second-order valence-electron chi connectivity index (χ2n) is 20.4. The van der Waals surface area contributed by atoms with E-state index in [1.165, 1.54) is 42.5 Å². The molecule has 13 rings (SSSR count). The highest BCUT2D eigenvalue weighted by molar-refractivity contribution is 6.32. The van der Waals surface area contributed by atoms with Crippen molar-refractivity contribution >= 4 is 64.6 Å². The topological polar surface area (TPSA) is 419 Å². The molecular weight excluding hydrogens is 1190 g/mol. The molecule has 0 saturated carbocycles. The molecule has 0 spiro atoms.